The monoisotopic (exact) mass is 461 g/mol. The van der Waals surface area contributed by atoms with Gasteiger partial charge in [0.2, 0.25) is 11.4 Å². The highest BCUT2D eigenvalue weighted by Gasteiger charge is 2.48. The summed E-state index contributed by atoms with van der Waals surface area (Å²) < 4.78 is 20.9. The topological polar surface area (TPSA) is 64.1 Å². The molecule has 1 atom stereocenters. The Labute approximate surface area is 174 Å². The van der Waals surface area contributed by atoms with E-state index in [0.717, 1.165) is 15.4 Å². The summed E-state index contributed by atoms with van der Waals surface area (Å²) in [7, 11) is 0. The van der Waals surface area contributed by atoms with Gasteiger partial charge in [-0.15, -0.1) is 11.8 Å². The number of carbonyl (C=O) groups excluding carboxylic acids is 1. The van der Waals surface area contributed by atoms with E-state index >= 15 is 0 Å². The van der Waals surface area contributed by atoms with Gasteiger partial charge in [0, 0.05) is 27.8 Å². The van der Waals surface area contributed by atoms with Crippen molar-refractivity contribution in [2.24, 2.45) is 0 Å². The van der Waals surface area contributed by atoms with Gasteiger partial charge in [-0.25, -0.2) is 4.98 Å². The number of ether oxygens (including phenoxy) is 1. The molecule has 1 aliphatic rings. The highest BCUT2D eigenvalue weighted by molar-refractivity contribution is 9.10. The summed E-state index contributed by atoms with van der Waals surface area (Å²) in [5.74, 6) is -0.269. The molecule has 1 aromatic carbocycles. The number of hydrogen-bond acceptors (Lipinski definition) is 5. The van der Waals surface area contributed by atoms with Gasteiger partial charge in [-0.05, 0) is 65.4 Å². The van der Waals surface area contributed by atoms with E-state index in [9.17, 15) is 9.18 Å². The van der Waals surface area contributed by atoms with Crippen LogP contribution in [-0.2, 0) is 10.3 Å². The lowest BCUT2D eigenvalue weighted by Gasteiger charge is -2.22. The zero-order valence-electron chi connectivity index (χ0n) is 15.0. The number of aromatic nitrogens is 2. The maximum atomic E-state index is 14.1. The van der Waals surface area contributed by atoms with E-state index in [2.05, 4.69) is 31.2 Å². The number of carbonyl (C=O) groups is 1. The predicted octanol–water partition coefficient (Wildman–Crippen LogP) is 4.40. The molecule has 1 N–H and O–H groups in total. The Balaban J connectivity index is 1.51. The van der Waals surface area contributed by atoms with Gasteiger partial charge in [0.25, 0.3) is 5.91 Å². The molecule has 1 saturated carbocycles. The normalized spacial score (nSPS) is 15.8. The molecule has 144 valence electrons. The van der Waals surface area contributed by atoms with Crippen molar-refractivity contribution in [3.05, 3.63) is 64.8 Å². The molecule has 0 spiro atoms. The first-order valence-electron chi connectivity index (χ1n) is 8.68. The summed E-state index contributed by atoms with van der Waals surface area (Å²) in [5, 5.41) is 3.86. The van der Waals surface area contributed by atoms with Crippen LogP contribution in [0.1, 0.15) is 18.4 Å². The van der Waals surface area contributed by atoms with E-state index in [0.29, 0.717) is 24.2 Å². The van der Waals surface area contributed by atoms with Crippen LogP contribution >= 0.6 is 27.7 Å². The SMILES string of the molecule is CSC(Oc1ccc2ncc(Br)cc2c1)C(=O)NC1(c2cccnc2F)CC1. The number of nitrogens with zero attached hydrogens (tertiary/aromatic N) is 2. The second-order valence-corrected chi connectivity index (χ2v) is 8.42. The summed E-state index contributed by atoms with van der Waals surface area (Å²) in [6.45, 7) is 0. The Kier molecular flexibility index (Phi) is 5.25. The first-order chi connectivity index (χ1) is 13.5. The van der Waals surface area contributed by atoms with Crippen LogP contribution in [0.4, 0.5) is 4.39 Å². The van der Waals surface area contributed by atoms with Gasteiger partial charge in [-0.2, -0.15) is 4.39 Å². The summed E-state index contributed by atoms with van der Waals surface area (Å²) >= 11 is 4.69. The number of pyridine rings is 2. The smallest absolute Gasteiger partial charge is 0.272 e. The summed E-state index contributed by atoms with van der Waals surface area (Å²) in [6.07, 6.45) is 6.29. The van der Waals surface area contributed by atoms with E-state index in [1.807, 2.05) is 18.2 Å². The number of halogens is 2. The van der Waals surface area contributed by atoms with Crippen molar-refractivity contribution in [2.45, 2.75) is 23.8 Å². The van der Waals surface area contributed by atoms with Crippen LogP contribution in [0.25, 0.3) is 10.9 Å². The molecule has 1 amide bonds. The third-order valence-electron chi connectivity index (χ3n) is 4.68. The molecule has 0 saturated heterocycles. The average Bonchev–Trinajstić information content (AvgIpc) is 3.46. The zero-order chi connectivity index (χ0) is 19.7. The third kappa shape index (κ3) is 3.84. The van der Waals surface area contributed by atoms with Crippen molar-refractivity contribution < 1.29 is 13.9 Å². The minimum atomic E-state index is -0.755. The van der Waals surface area contributed by atoms with Gasteiger partial charge in [-0.3, -0.25) is 9.78 Å². The maximum Gasteiger partial charge on any atom is 0.272 e. The van der Waals surface area contributed by atoms with Crippen molar-refractivity contribution in [2.75, 3.05) is 6.26 Å². The first kappa shape index (κ1) is 19.1. The molecule has 0 aliphatic heterocycles. The number of nitrogens with one attached hydrogen (secondary N) is 1. The van der Waals surface area contributed by atoms with Crippen LogP contribution in [0, 0.1) is 5.95 Å². The summed E-state index contributed by atoms with van der Waals surface area (Å²) in [4.78, 5) is 20.8. The second kappa shape index (κ2) is 7.67. The molecule has 0 bridgehead atoms. The van der Waals surface area contributed by atoms with Crippen molar-refractivity contribution >= 4 is 44.5 Å². The number of benzene rings is 1. The molecule has 8 heteroatoms. The van der Waals surface area contributed by atoms with E-state index in [1.54, 1.807) is 30.7 Å². The van der Waals surface area contributed by atoms with Gasteiger partial charge in [0.15, 0.2) is 0 Å². The first-order valence-corrected chi connectivity index (χ1v) is 10.8. The molecule has 5 nitrogen and oxygen atoms in total. The molecule has 1 fully saturated rings. The van der Waals surface area contributed by atoms with E-state index in [1.165, 1.54) is 18.0 Å². The van der Waals surface area contributed by atoms with Crippen molar-refractivity contribution in [1.82, 2.24) is 15.3 Å². The van der Waals surface area contributed by atoms with Gasteiger partial charge in [-0.1, -0.05) is 6.07 Å². The standard InChI is InChI=1S/C20H17BrFN3O2S/c1-28-19(27-14-4-5-16-12(10-14)9-13(21)11-24-16)18(26)25-20(6-7-20)15-3-2-8-23-17(15)22/h2-5,8-11,19H,6-7H2,1H3,(H,25,26). The molecule has 2 heterocycles. The molecule has 1 aliphatic carbocycles. The minimum Gasteiger partial charge on any atom is -0.470 e. The highest BCUT2D eigenvalue weighted by atomic mass is 79.9. The highest BCUT2D eigenvalue weighted by Crippen LogP contribution is 2.46. The fraction of sp³-hybridized carbons (Fsp3) is 0.250. The van der Waals surface area contributed by atoms with Gasteiger partial charge in [0.1, 0.15) is 5.75 Å². The second-order valence-electron chi connectivity index (χ2n) is 6.61. The van der Waals surface area contributed by atoms with Crippen LogP contribution in [0.15, 0.2) is 53.3 Å². The van der Waals surface area contributed by atoms with Crippen molar-refractivity contribution in [1.29, 1.82) is 0 Å². The molecule has 3 aromatic rings. The minimum absolute atomic E-state index is 0.291. The zero-order valence-corrected chi connectivity index (χ0v) is 17.4. The van der Waals surface area contributed by atoms with Crippen molar-refractivity contribution in [3.8, 4) is 5.75 Å². The van der Waals surface area contributed by atoms with Gasteiger partial charge in [0.05, 0.1) is 11.1 Å². The molecule has 4 rings (SSSR count). The molecular formula is C20H17BrFN3O2S. The third-order valence-corrected chi connectivity index (χ3v) is 5.85. The Hall–Kier alpha value is -2.19. The number of hydrogen-bond donors (Lipinski definition) is 1. The Morgan fingerprint density at radius 3 is 2.86 bits per heavy atom. The van der Waals surface area contributed by atoms with Crippen LogP contribution < -0.4 is 10.1 Å². The molecule has 1 unspecified atom stereocenters. The number of fused-ring (bicyclic) bond motifs is 1. The van der Waals surface area contributed by atoms with Crippen LogP contribution in [0.3, 0.4) is 0 Å². The number of thioether (sulfide) groups is 1. The van der Waals surface area contributed by atoms with Crippen LogP contribution in [0.2, 0.25) is 0 Å². The maximum absolute atomic E-state index is 14.1. The van der Waals surface area contributed by atoms with Gasteiger partial charge >= 0.3 is 0 Å². The molecule has 2 aromatic heterocycles. The summed E-state index contributed by atoms with van der Waals surface area (Å²) in [5.41, 5.74) is -0.186. The Morgan fingerprint density at radius 2 is 2.14 bits per heavy atom. The largest absolute Gasteiger partial charge is 0.470 e. The van der Waals surface area contributed by atoms with E-state index < -0.39 is 16.9 Å². The lowest BCUT2D eigenvalue weighted by Crippen LogP contribution is -2.43. The van der Waals surface area contributed by atoms with Crippen LogP contribution in [0.5, 0.6) is 5.75 Å². The van der Waals surface area contributed by atoms with E-state index in [4.69, 9.17) is 4.74 Å². The number of amides is 1. The molecular weight excluding hydrogens is 445 g/mol. The Bertz CT molecular complexity index is 1040. The quantitative estimate of drug-likeness (QED) is 0.435. The Morgan fingerprint density at radius 1 is 1.32 bits per heavy atom. The summed E-state index contributed by atoms with van der Waals surface area (Å²) in [6, 6.07) is 10.8. The fourth-order valence-corrected chi connectivity index (χ4v) is 3.94. The van der Waals surface area contributed by atoms with E-state index in [-0.39, 0.29) is 5.91 Å². The molecule has 0 radical (unpaired) electrons. The lowest BCUT2D eigenvalue weighted by atomic mass is 10.1. The number of rotatable bonds is 6. The van der Waals surface area contributed by atoms with Crippen LogP contribution in [-0.4, -0.2) is 27.6 Å². The predicted molar refractivity (Wildman–Crippen MR) is 111 cm³/mol. The lowest BCUT2D eigenvalue weighted by molar-refractivity contribution is -0.125. The van der Waals surface area contributed by atoms with Crippen molar-refractivity contribution in [3.63, 3.8) is 0 Å². The molecule has 28 heavy (non-hydrogen) atoms. The van der Waals surface area contributed by atoms with Gasteiger partial charge < -0.3 is 10.1 Å². The average molecular weight is 462 g/mol. The fourth-order valence-electron chi connectivity index (χ4n) is 3.11.